The van der Waals surface area contributed by atoms with Crippen LogP contribution in [0.25, 0.3) is 0 Å². The van der Waals surface area contributed by atoms with Crippen LogP contribution in [-0.4, -0.2) is 160 Å². The number of nitrogens with one attached hydrogen (secondary N) is 7. The zero-order valence-electron chi connectivity index (χ0n) is 44.7. The number of primary amides is 2. The quantitative estimate of drug-likeness (QED) is 0.0348. The van der Waals surface area contributed by atoms with Gasteiger partial charge in [-0.3, -0.25) is 57.7 Å². The van der Waals surface area contributed by atoms with Crippen LogP contribution in [0.3, 0.4) is 0 Å². The van der Waals surface area contributed by atoms with Crippen molar-refractivity contribution in [2.24, 2.45) is 33.8 Å². The van der Waals surface area contributed by atoms with Crippen molar-refractivity contribution in [3.63, 3.8) is 0 Å². The molecule has 0 unspecified atom stereocenters. The highest BCUT2D eigenvalue weighted by atomic mass is 33.1. The Morgan fingerprint density at radius 3 is 1.94 bits per heavy atom. The first-order valence-electron chi connectivity index (χ1n) is 26.4. The van der Waals surface area contributed by atoms with E-state index in [-0.39, 0.29) is 87.2 Å². The molecule has 2 saturated heterocycles. The molecule has 0 aromatic heterocycles. The van der Waals surface area contributed by atoms with E-state index in [9.17, 15) is 53.1 Å². The van der Waals surface area contributed by atoms with Crippen LogP contribution in [0.4, 0.5) is 0 Å². The average Bonchev–Trinajstić information content (AvgIpc) is 3.91. The van der Waals surface area contributed by atoms with Crippen LogP contribution < -0.4 is 60.2 Å². The maximum atomic E-state index is 14.7. The Morgan fingerprint density at radius 1 is 0.725 bits per heavy atom. The molecule has 80 heavy (non-hydrogen) atoms. The summed E-state index contributed by atoms with van der Waals surface area (Å²) in [7, 11) is 2.29. The fourth-order valence-corrected chi connectivity index (χ4v) is 11.4. The number of benzene rings is 2. The molecule has 28 heteroatoms. The summed E-state index contributed by atoms with van der Waals surface area (Å²) in [6.45, 7) is 0.767. The first-order chi connectivity index (χ1) is 38.1. The van der Waals surface area contributed by atoms with Gasteiger partial charge in [0, 0.05) is 50.8 Å². The molecule has 10 amide bonds. The molecule has 26 nitrogen and oxygen atoms in total. The first-order valence-corrected chi connectivity index (χ1v) is 28.9. The molecule has 1 saturated carbocycles. The Hall–Kier alpha value is -7.62. The number of nitrogens with two attached hydrogens (primary N) is 4. The van der Waals surface area contributed by atoms with Gasteiger partial charge in [0.1, 0.15) is 48.0 Å². The van der Waals surface area contributed by atoms with Crippen molar-refractivity contribution in [2.45, 2.75) is 139 Å². The van der Waals surface area contributed by atoms with Crippen molar-refractivity contribution in [3.05, 3.63) is 65.7 Å². The number of phenolic OH excluding ortho intramolecular Hbond substituents is 1. The third-order valence-electron chi connectivity index (χ3n) is 13.1. The summed E-state index contributed by atoms with van der Waals surface area (Å²) >= 11 is 0. The van der Waals surface area contributed by atoms with Crippen molar-refractivity contribution in [1.29, 1.82) is 0 Å². The van der Waals surface area contributed by atoms with E-state index in [1.165, 1.54) is 27.8 Å². The zero-order chi connectivity index (χ0) is 58.7. The van der Waals surface area contributed by atoms with Crippen molar-refractivity contribution in [1.82, 2.24) is 42.1 Å². The Morgan fingerprint density at radius 2 is 1.31 bits per heavy atom. The molecule has 2 aromatic rings. The van der Waals surface area contributed by atoms with E-state index in [4.69, 9.17) is 32.8 Å². The molecule has 17 N–H and O–H groups in total. The topological polar surface area (TPSA) is 432 Å². The molecule has 2 aliphatic heterocycles. The zero-order valence-corrected chi connectivity index (χ0v) is 46.3. The number of phenols is 1. The fraction of sp³-hybridized carbons (Fsp3) is 0.538. The molecular formula is C52H75N13O13S2. The van der Waals surface area contributed by atoms with Crippen molar-refractivity contribution >= 4 is 92.6 Å². The van der Waals surface area contributed by atoms with Gasteiger partial charge >= 0.3 is 0 Å². The molecule has 0 radical (unpaired) electrons. The van der Waals surface area contributed by atoms with E-state index in [1.807, 2.05) is 0 Å². The van der Waals surface area contributed by atoms with Crippen molar-refractivity contribution in [2.75, 3.05) is 31.1 Å². The number of carbonyl (C=O) groups is 11. The normalized spacial score (nSPS) is 22.2. The van der Waals surface area contributed by atoms with Gasteiger partial charge in [0.25, 0.3) is 5.97 Å². The fourth-order valence-electron chi connectivity index (χ4n) is 9.22. The minimum absolute atomic E-state index is 0.00755. The van der Waals surface area contributed by atoms with Gasteiger partial charge < -0.3 is 75.3 Å². The number of hydrogen-bond acceptors (Lipinski definition) is 15. The molecule has 438 valence electrons. The monoisotopic (exact) mass is 1150 g/mol. The second kappa shape index (κ2) is 33.7. The maximum Gasteiger partial charge on any atom is 0.300 e. The number of amides is 10. The van der Waals surface area contributed by atoms with Crippen LogP contribution in [0.15, 0.2) is 59.6 Å². The van der Waals surface area contributed by atoms with Gasteiger partial charge in [-0.2, -0.15) is 0 Å². The third kappa shape index (κ3) is 23.4. The predicted octanol–water partition coefficient (Wildman–Crippen LogP) is -1.55. The van der Waals surface area contributed by atoms with E-state index in [2.05, 4.69) is 42.2 Å². The van der Waals surface area contributed by atoms with Gasteiger partial charge in [-0.1, -0.05) is 96.2 Å². The standard InChI is InChI=1S/C50H71N13O11S2.C2H4O2/c51-40(65)26-37-47(72)62-38(49(74)63-21-8-14-39(63)48(73)58-33(13-7-20-55-50(53)54)43(68)56-27-41(52)66)28-76-75-22-19-42(67)57-34(25-31-15-17-32(64)18-16-31)44(69)59-35(23-29-9-3-1-4-10-29)45(70)60-36(46(71)61-37)24-30-11-5-2-6-12-30;1-2(3)4/h1,3-4,9-10,15-18,30,33-39,64H,2,5-8,11-14,19-28H2,(H2,51,65)(H2,52,66)(H,56,68)(H,57,67)(H,58,73)(H,59,69)(H,60,70)(H,61,71)(H,62,72)(H4,53,54,55);1H3,(H,3,4)/t33-,34-,35-,36-,37-,38-,39-;/m0./s1. The largest absolute Gasteiger partial charge is 0.508 e. The van der Waals surface area contributed by atoms with E-state index in [0.717, 1.165) is 49.8 Å². The lowest BCUT2D eigenvalue weighted by molar-refractivity contribution is -0.142. The molecular weight excluding hydrogens is 1080 g/mol. The van der Waals surface area contributed by atoms with Crippen LogP contribution in [0.2, 0.25) is 0 Å². The first kappa shape index (κ1) is 64.9. The Labute approximate surface area is 471 Å². The van der Waals surface area contributed by atoms with Crippen molar-refractivity contribution in [3.8, 4) is 5.75 Å². The number of rotatable bonds is 18. The Balaban J connectivity index is 0.00000333. The molecule has 0 bridgehead atoms. The van der Waals surface area contributed by atoms with Gasteiger partial charge in [0.2, 0.25) is 59.1 Å². The highest BCUT2D eigenvalue weighted by Crippen LogP contribution is 2.29. The summed E-state index contributed by atoms with van der Waals surface area (Å²) in [5, 5.41) is 36.2. The lowest BCUT2D eigenvalue weighted by atomic mass is 9.84. The van der Waals surface area contributed by atoms with Gasteiger partial charge in [0.15, 0.2) is 5.96 Å². The number of aromatic hydroxyl groups is 1. The molecule has 0 spiro atoms. The van der Waals surface area contributed by atoms with Crippen LogP contribution in [0.1, 0.15) is 95.1 Å². The lowest BCUT2D eigenvalue weighted by Gasteiger charge is -2.31. The molecule has 2 aromatic carbocycles. The number of likely N-dealkylation sites (tertiary alicyclic amines) is 1. The summed E-state index contributed by atoms with van der Waals surface area (Å²) in [6, 6.07) is 5.83. The molecule has 1 aliphatic carbocycles. The molecule has 3 aliphatic rings. The number of carboxylic acids is 1. The number of guanidine groups is 1. The highest BCUT2D eigenvalue weighted by Gasteiger charge is 2.41. The number of aliphatic carboxylic acids is 1. The minimum Gasteiger partial charge on any atom is -0.508 e. The van der Waals surface area contributed by atoms with E-state index in [0.29, 0.717) is 17.5 Å². The number of carbonyl (C=O) groups excluding carboxylic acids is 10. The van der Waals surface area contributed by atoms with Gasteiger partial charge in [-0.15, -0.1) is 0 Å². The van der Waals surface area contributed by atoms with E-state index >= 15 is 0 Å². The van der Waals surface area contributed by atoms with Crippen LogP contribution in [0.5, 0.6) is 5.75 Å². The minimum atomic E-state index is -1.64. The second-order valence-corrected chi connectivity index (χ2v) is 22.2. The summed E-state index contributed by atoms with van der Waals surface area (Å²) in [6.07, 6.45) is 4.39. The highest BCUT2D eigenvalue weighted by molar-refractivity contribution is 8.76. The summed E-state index contributed by atoms with van der Waals surface area (Å²) < 4.78 is 0. The predicted molar refractivity (Wildman–Crippen MR) is 298 cm³/mol. The number of carboxylic acid groups (broad SMARTS) is 1. The lowest BCUT2D eigenvalue weighted by Crippen LogP contribution is -2.61. The summed E-state index contributed by atoms with van der Waals surface area (Å²) in [4.78, 5) is 152. The number of nitrogens with zero attached hydrogens (tertiary/aromatic N) is 2. The second-order valence-electron chi connectivity index (χ2n) is 19.6. The van der Waals surface area contributed by atoms with Gasteiger partial charge in [0.05, 0.1) is 13.0 Å². The number of aliphatic imine (C=N–C) groups is 1. The molecule has 7 atom stereocenters. The van der Waals surface area contributed by atoms with E-state index < -0.39 is 120 Å². The van der Waals surface area contributed by atoms with Crippen LogP contribution in [-0.2, 0) is 65.6 Å². The van der Waals surface area contributed by atoms with Crippen molar-refractivity contribution < 1.29 is 63.0 Å². The Bertz CT molecular complexity index is 2500. The van der Waals surface area contributed by atoms with Gasteiger partial charge in [-0.25, -0.2) is 0 Å². The molecule has 5 rings (SSSR count). The molecule has 2 heterocycles. The van der Waals surface area contributed by atoms with Crippen LogP contribution >= 0.6 is 21.6 Å². The summed E-state index contributed by atoms with van der Waals surface area (Å²) in [5.41, 5.74) is 23.0. The third-order valence-corrected chi connectivity index (χ3v) is 15.5. The van der Waals surface area contributed by atoms with Gasteiger partial charge in [-0.05, 0) is 61.3 Å². The van der Waals surface area contributed by atoms with E-state index in [1.54, 1.807) is 42.5 Å². The summed E-state index contributed by atoms with van der Waals surface area (Å²) in [5.74, 6) is -8.68. The maximum absolute atomic E-state index is 14.7. The van der Waals surface area contributed by atoms with Crippen LogP contribution in [0, 0.1) is 5.92 Å². The SMILES string of the molecule is CC(=O)O.NC(=O)CNC(=O)[C@H](CCCN=C(N)N)NC(=O)[C@@H]1CCCN1C(=O)[C@@H]1CSSCCC(=O)N[C@@H](Cc2ccc(O)cc2)C(=O)N[C@@H](Cc2ccccc2)C(=O)N[C@@H](CC2CCCCC2)C(=O)N[C@@H](CC(N)=O)C(=O)N1. The smallest absolute Gasteiger partial charge is 0.300 e. The Kier molecular flexibility index (Phi) is 27.4. The molecule has 3 fully saturated rings. The average molecular weight is 1150 g/mol. The number of hydrogen-bond donors (Lipinski definition) is 13.